The van der Waals surface area contributed by atoms with Gasteiger partial charge in [-0.3, -0.25) is 0 Å². The number of benzene rings is 4. The van der Waals surface area contributed by atoms with E-state index in [9.17, 15) is 0 Å². The molecular formula is C26H19NS. The lowest BCUT2D eigenvalue weighted by atomic mass is 10.1. The maximum Gasteiger partial charge on any atom is 0.0555 e. The highest BCUT2D eigenvalue weighted by molar-refractivity contribution is 7.25. The monoisotopic (exact) mass is 377 g/mol. The fraction of sp³-hybridized carbons (Fsp3) is 0.0769. The van der Waals surface area contributed by atoms with Crippen molar-refractivity contribution in [2.45, 2.75) is 13.8 Å². The third-order valence-corrected chi connectivity index (χ3v) is 6.82. The van der Waals surface area contributed by atoms with E-state index in [4.69, 9.17) is 0 Å². The van der Waals surface area contributed by atoms with Crippen LogP contribution in [0.4, 0.5) is 0 Å². The Kier molecular flexibility index (Phi) is 3.24. The maximum atomic E-state index is 2.41. The SMILES string of the molecule is Cc1ccc2sc3cc4c(cc3c2c1)c1cc(C)ccc1n4-c1ccccc1. The smallest absolute Gasteiger partial charge is 0.0555 e. The Morgan fingerprint density at radius 3 is 2.07 bits per heavy atom. The van der Waals surface area contributed by atoms with Gasteiger partial charge in [0.1, 0.15) is 0 Å². The van der Waals surface area contributed by atoms with Crippen molar-refractivity contribution < 1.29 is 0 Å². The van der Waals surface area contributed by atoms with E-state index in [1.54, 1.807) is 0 Å². The number of fused-ring (bicyclic) bond motifs is 6. The highest BCUT2D eigenvalue weighted by Gasteiger charge is 2.15. The number of aromatic nitrogens is 1. The van der Waals surface area contributed by atoms with Crippen LogP contribution in [0.15, 0.2) is 78.9 Å². The molecule has 0 radical (unpaired) electrons. The van der Waals surface area contributed by atoms with Crippen molar-refractivity contribution in [3.63, 3.8) is 0 Å². The molecule has 28 heavy (non-hydrogen) atoms. The van der Waals surface area contributed by atoms with Crippen LogP contribution in [-0.2, 0) is 0 Å². The van der Waals surface area contributed by atoms with Gasteiger partial charge in [-0.25, -0.2) is 0 Å². The third-order valence-electron chi connectivity index (χ3n) is 5.68. The van der Waals surface area contributed by atoms with Gasteiger partial charge in [-0.05, 0) is 62.4 Å². The van der Waals surface area contributed by atoms with Gasteiger partial charge >= 0.3 is 0 Å². The number of thiophene rings is 1. The molecule has 0 unspecified atom stereocenters. The summed E-state index contributed by atoms with van der Waals surface area (Å²) in [6.07, 6.45) is 0. The summed E-state index contributed by atoms with van der Waals surface area (Å²) >= 11 is 1.89. The second-order valence-electron chi connectivity index (χ2n) is 7.66. The van der Waals surface area contributed by atoms with Crippen LogP contribution in [0.2, 0.25) is 0 Å². The maximum absolute atomic E-state index is 2.41. The van der Waals surface area contributed by atoms with E-state index in [0.717, 1.165) is 0 Å². The second-order valence-corrected chi connectivity index (χ2v) is 8.74. The normalized spacial score (nSPS) is 11.9. The van der Waals surface area contributed by atoms with Gasteiger partial charge in [-0.1, -0.05) is 41.5 Å². The summed E-state index contributed by atoms with van der Waals surface area (Å²) in [5.41, 5.74) is 6.37. The largest absolute Gasteiger partial charge is 0.309 e. The zero-order chi connectivity index (χ0) is 18.8. The molecule has 0 saturated carbocycles. The van der Waals surface area contributed by atoms with Crippen molar-refractivity contribution in [3.05, 3.63) is 90.0 Å². The highest BCUT2D eigenvalue weighted by Crippen LogP contribution is 2.40. The average molecular weight is 378 g/mol. The number of rotatable bonds is 1. The molecule has 2 heteroatoms. The van der Waals surface area contributed by atoms with Crippen LogP contribution in [0.5, 0.6) is 0 Å². The molecular weight excluding hydrogens is 358 g/mol. The van der Waals surface area contributed by atoms with E-state index >= 15 is 0 Å². The summed E-state index contributed by atoms with van der Waals surface area (Å²) in [4.78, 5) is 0. The van der Waals surface area contributed by atoms with Crippen LogP contribution < -0.4 is 0 Å². The minimum atomic E-state index is 1.21. The molecule has 0 aliphatic heterocycles. The van der Waals surface area contributed by atoms with Crippen molar-refractivity contribution >= 4 is 53.3 Å². The van der Waals surface area contributed by atoms with Crippen molar-refractivity contribution in [1.82, 2.24) is 4.57 Å². The summed E-state index contributed by atoms with van der Waals surface area (Å²) in [5, 5.41) is 5.39. The van der Waals surface area contributed by atoms with Crippen LogP contribution in [0.25, 0.3) is 47.7 Å². The Balaban J connectivity index is 1.84. The van der Waals surface area contributed by atoms with Gasteiger partial charge in [0.25, 0.3) is 0 Å². The van der Waals surface area contributed by atoms with Crippen LogP contribution in [0.1, 0.15) is 11.1 Å². The first kappa shape index (κ1) is 15.9. The molecule has 0 spiro atoms. The summed E-state index contributed by atoms with van der Waals surface area (Å²) in [5.74, 6) is 0. The zero-order valence-corrected chi connectivity index (χ0v) is 16.7. The quantitative estimate of drug-likeness (QED) is 0.276. The van der Waals surface area contributed by atoms with E-state index < -0.39 is 0 Å². The van der Waals surface area contributed by atoms with Crippen molar-refractivity contribution in [2.24, 2.45) is 0 Å². The minimum absolute atomic E-state index is 1.21. The van der Waals surface area contributed by atoms with Crippen LogP contribution >= 0.6 is 11.3 Å². The van der Waals surface area contributed by atoms with Gasteiger partial charge in [0.15, 0.2) is 0 Å². The van der Waals surface area contributed by atoms with Crippen LogP contribution in [0, 0.1) is 13.8 Å². The molecule has 134 valence electrons. The molecule has 0 N–H and O–H groups in total. The van der Waals surface area contributed by atoms with E-state index in [1.807, 2.05) is 11.3 Å². The highest BCUT2D eigenvalue weighted by atomic mass is 32.1. The van der Waals surface area contributed by atoms with Crippen molar-refractivity contribution in [3.8, 4) is 5.69 Å². The molecule has 0 fully saturated rings. The van der Waals surface area contributed by atoms with E-state index in [1.165, 1.54) is 58.8 Å². The lowest BCUT2D eigenvalue weighted by Crippen LogP contribution is -1.92. The summed E-state index contributed by atoms with van der Waals surface area (Å²) < 4.78 is 5.11. The first-order valence-electron chi connectivity index (χ1n) is 9.62. The Morgan fingerprint density at radius 2 is 1.25 bits per heavy atom. The Morgan fingerprint density at radius 1 is 0.571 bits per heavy atom. The number of para-hydroxylation sites is 1. The Hall–Kier alpha value is -3.10. The molecule has 0 bridgehead atoms. The predicted molar refractivity (Wildman–Crippen MR) is 123 cm³/mol. The lowest BCUT2D eigenvalue weighted by molar-refractivity contribution is 1.18. The van der Waals surface area contributed by atoms with E-state index in [2.05, 4.69) is 97.3 Å². The fourth-order valence-corrected chi connectivity index (χ4v) is 5.47. The first-order chi connectivity index (χ1) is 13.7. The second kappa shape index (κ2) is 5.70. The number of hydrogen-bond donors (Lipinski definition) is 0. The molecule has 0 saturated heterocycles. The molecule has 0 atom stereocenters. The molecule has 0 aliphatic rings. The molecule has 4 aromatic carbocycles. The van der Waals surface area contributed by atoms with Gasteiger partial charge in [0, 0.05) is 36.6 Å². The van der Waals surface area contributed by atoms with Crippen LogP contribution in [0.3, 0.4) is 0 Å². The van der Waals surface area contributed by atoms with Gasteiger partial charge in [0.05, 0.1) is 11.0 Å². The van der Waals surface area contributed by atoms with Crippen LogP contribution in [-0.4, -0.2) is 4.57 Å². The van der Waals surface area contributed by atoms with Gasteiger partial charge in [-0.2, -0.15) is 0 Å². The van der Waals surface area contributed by atoms with Crippen molar-refractivity contribution in [1.29, 1.82) is 0 Å². The van der Waals surface area contributed by atoms with Crippen molar-refractivity contribution in [2.75, 3.05) is 0 Å². The first-order valence-corrected chi connectivity index (χ1v) is 10.4. The number of hydrogen-bond acceptors (Lipinski definition) is 1. The van der Waals surface area contributed by atoms with E-state index in [0.29, 0.717) is 0 Å². The summed E-state index contributed by atoms with van der Waals surface area (Å²) in [6, 6.07) is 29.1. The standard InChI is InChI=1S/C26H19NS/c1-16-8-10-23-19(12-16)20-14-22-21-13-17(2)9-11-25(21)28-26(22)15-24(20)27(23)18-6-4-3-5-7-18/h3-15H,1-2H3. The zero-order valence-electron chi connectivity index (χ0n) is 15.9. The molecule has 6 aromatic rings. The van der Waals surface area contributed by atoms with Gasteiger partial charge < -0.3 is 4.57 Å². The predicted octanol–water partition coefficient (Wildman–Crippen LogP) is 7.77. The topological polar surface area (TPSA) is 4.93 Å². The Bertz CT molecular complexity index is 1520. The number of aryl methyl sites for hydroxylation is 2. The van der Waals surface area contributed by atoms with Gasteiger partial charge in [-0.15, -0.1) is 11.3 Å². The molecule has 1 nitrogen and oxygen atoms in total. The lowest BCUT2D eigenvalue weighted by Gasteiger charge is -2.07. The molecule has 6 rings (SSSR count). The molecule has 2 aromatic heterocycles. The third kappa shape index (κ3) is 2.18. The summed E-state index contributed by atoms with van der Waals surface area (Å²) in [7, 11) is 0. The molecule has 0 aliphatic carbocycles. The number of nitrogens with zero attached hydrogens (tertiary/aromatic N) is 1. The van der Waals surface area contributed by atoms with Gasteiger partial charge in [0.2, 0.25) is 0 Å². The minimum Gasteiger partial charge on any atom is -0.309 e. The molecule has 2 heterocycles. The fourth-order valence-electron chi connectivity index (χ4n) is 4.37. The molecule has 0 amide bonds. The Labute approximate surface area is 167 Å². The summed E-state index contributed by atoms with van der Waals surface area (Å²) in [6.45, 7) is 4.35. The van der Waals surface area contributed by atoms with E-state index in [-0.39, 0.29) is 0 Å². The average Bonchev–Trinajstić information content (AvgIpc) is 3.21.